The zero-order valence-electron chi connectivity index (χ0n) is 9.19. The fourth-order valence-electron chi connectivity index (χ4n) is 0. The summed E-state index contributed by atoms with van der Waals surface area (Å²) in [4.78, 5) is 0. The van der Waals surface area contributed by atoms with Crippen LogP contribution in [0.4, 0.5) is 0 Å². The van der Waals surface area contributed by atoms with Gasteiger partial charge in [0, 0.05) is 327 Å². The van der Waals surface area contributed by atoms with Crippen molar-refractivity contribution in [1.29, 1.82) is 0 Å². The summed E-state index contributed by atoms with van der Waals surface area (Å²) in [5.74, 6) is 0. The van der Waals surface area contributed by atoms with Crippen molar-refractivity contribution >= 4 is 0 Å². The second kappa shape index (κ2) is 105. The zero-order valence-corrected chi connectivity index (χ0v) is 37.6. The van der Waals surface area contributed by atoms with Crippen LogP contribution in [0.25, 0.3) is 0 Å². The fourth-order valence-corrected chi connectivity index (χ4v) is 0. The van der Waals surface area contributed by atoms with Gasteiger partial charge in [-0.1, -0.05) is 0 Å². The van der Waals surface area contributed by atoms with E-state index in [0.717, 1.165) is 0 Å². The summed E-state index contributed by atoms with van der Waals surface area (Å²) in [7, 11) is 0. The molecule has 14 heavy (non-hydrogen) atoms. The Morgan fingerprint density at radius 1 is 0.286 bits per heavy atom. The smallest absolute Gasteiger partial charge is 0 e. The van der Waals surface area contributed by atoms with E-state index in [1.54, 1.807) is 13.8 Å². The van der Waals surface area contributed by atoms with Crippen LogP contribution in [0.5, 0.6) is 0 Å². The van der Waals surface area contributed by atoms with Gasteiger partial charge in [-0.2, -0.15) is 13.8 Å². The third-order valence-corrected chi connectivity index (χ3v) is 0. The topological polar surface area (TPSA) is 0 Å². The van der Waals surface area contributed by atoms with Gasteiger partial charge in [0.25, 0.3) is 0 Å². The van der Waals surface area contributed by atoms with E-state index in [-0.39, 0.29) is 327 Å². The molecule has 0 aromatic carbocycles. The first-order chi connectivity index (χ1) is 2.00. The van der Waals surface area contributed by atoms with Crippen LogP contribution in [0.2, 0.25) is 0 Å². The van der Waals surface area contributed by atoms with Crippen LogP contribution in [0.1, 0.15) is 13.8 Å². The number of hydrogen-bond donors (Lipinski definition) is 0. The summed E-state index contributed by atoms with van der Waals surface area (Å²) < 4.78 is 0. The second-order valence-corrected chi connectivity index (χ2v) is 0. The van der Waals surface area contributed by atoms with E-state index in [1.807, 2.05) is 0 Å². The molecule has 0 bridgehead atoms. The molecule has 0 fully saturated rings. The molecule has 10 heteroatoms. The normalized spacial score (nSPS) is 0.857. The minimum Gasteiger partial charge on any atom is -0.346 e. The molecule has 0 unspecified atom stereocenters. The van der Waals surface area contributed by atoms with Crippen molar-refractivity contribution in [2.45, 2.75) is 13.8 Å². The Balaban J connectivity index is -0.000000000333. The monoisotopic (exact) mass is 947 g/mol. The minimum absolute atomic E-state index is 0. The molecule has 0 aliphatic carbocycles. The Hall–Kier alpha value is 11.0. The predicted molar refractivity (Wildman–Crippen MR) is 22.1 cm³/mol. The molecule has 0 N–H and O–H groups in total. The summed E-state index contributed by atoms with van der Waals surface area (Å²) in [5, 5.41) is 0. The minimum atomic E-state index is 0. The van der Waals surface area contributed by atoms with Gasteiger partial charge in [-0.15, -0.1) is 0 Å². The van der Waals surface area contributed by atoms with Gasteiger partial charge in [-0.3, -0.25) is 0 Å². The molecule has 0 aliphatic heterocycles. The summed E-state index contributed by atoms with van der Waals surface area (Å²) >= 11 is 0. The van der Waals surface area contributed by atoms with Crippen LogP contribution in [-0.2, 0) is 327 Å². The van der Waals surface area contributed by atoms with E-state index in [0.29, 0.717) is 0 Å². The third kappa shape index (κ3) is 91.8. The molecule has 0 rings (SSSR count). The molecule has 0 atom stereocenters. The summed E-state index contributed by atoms with van der Waals surface area (Å²) in [6, 6.07) is 0. The summed E-state index contributed by atoms with van der Waals surface area (Å²) in [6.07, 6.45) is 0. The van der Waals surface area contributed by atoms with Crippen molar-refractivity contribution in [3.8, 4) is 0 Å². The first-order valence-electron chi connectivity index (χ1n) is 1.41. The first-order valence-corrected chi connectivity index (χ1v) is 1.41. The summed E-state index contributed by atoms with van der Waals surface area (Å²) in [5.41, 5.74) is 0. The van der Waals surface area contributed by atoms with Crippen molar-refractivity contribution in [3.63, 3.8) is 0 Å². The Kier molecular flexibility index (Phi) is 637. The van der Waals surface area contributed by atoms with Gasteiger partial charge in [0.15, 0.2) is 0 Å². The first kappa shape index (κ1) is 85.1. The van der Waals surface area contributed by atoms with Crippen LogP contribution in [0.3, 0.4) is 0 Å². The Bertz CT molecular complexity index is 12.1. The second-order valence-electron chi connectivity index (χ2n) is 0. The standard InChI is InChI=1S/2C2H5.10Y/c2*1-2;;;;;;;;;;/h2*1H2,2H3;;;;;;;;;;/q2*-1;;;;;;;;;;. The quantitative estimate of drug-likeness (QED) is 0.325. The number of hydrogen-bond acceptors (Lipinski definition) is 0. The Labute approximate surface area is 343 Å². The molecule has 10 radical (unpaired) electrons. The van der Waals surface area contributed by atoms with Crippen LogP contribution in [0.15, 0.2) is 0 Å². The van der Waals surface area contributed by atoms with E-state index < -0.39 is 0 Å². The van der Waals surface area contributed by atoms with Crippen molar-refractivity contribution in [2.24, 2.45) is 0 Å². The van der Waals surface area contributed by atoms with Crippen molar-refractivity contribution in [1.82, 2.24) is 0 Å². The van der Waals surface area contributed by atoms with E-state index >= 15 is 0 Å². The van der Waals surface area contributed by atoms with Gasteiger partial charge < -0.3 is 13.8 Å². The Morgan fingerprint density at radius 3 is 0.286 bits per heavy atom. The molecule has 0 saturated carbocycles. The maximum absolute atomic E-state index is 3.25. The van der Waals surface area contributed by atoms with Crippen molar-refractivity contribution < 1.29 is 327 Å². The van der Waals surface area contributed by atoms with E-state index in [9.17, 15) is 0 Å². The molecule has 0 saturated heterocycles. The van der Waals surface area contributed by atoms with Gasteiger partial charge >= 0.3 is 0 Å². The number of rotatable bonds is 0. The van der Waals surface area contributed by atoms with E-state index in [2.05, 4.69) is 13.8 Å². The van der Waals surface area contributed by atoms with Crippen LogP contribution >= 0.6 is 0 Å². The Morgan fingerprint density at radius 2 is 0.286 bits per heavy atom. The van der Waals surface area contributed by atoms with E-state index in [4.69, 9.17) is 0 Å². The molecule has 0 aromatic rings. The van der Waals surface area contributed by atoms with Crippen LogP contribution < -0.4 is 0 Å². The van der Waals surface area contributed by atoms with E-state index in [1.165, 1.54) is 0 Å². The zero-order chi connectivity index (χ0) is 4.00. The third-order valence-electron chi connectivity index (χ3n) is 0. The van der Waals surface area contributed by atoms with Gasteiger partial charge in [0.1, 0.15) is 0 Å². The largest absolute Gasteiger partial charge is 0.346 e. The molecular weight excluding hydrogens is 937 g/mol. The molecular formula is C4H10Y10-2. The molecule has 0 aromatic heterocycles. The average molecular weight is 947 g/mol. The average Bonchev–Trinajstić information content (AvgIpc) is 1.50. The van der Waals surface area contributed by atoms with Crippen LogP contribution in [0, 0.1) is 13.8 Å². The van der Waals surface area contributed by atoms with Gasteiger partial charge in [-0.05, 0) is 0 Å². The maximum atomic E-state index is 3.25. The summed E-state index contributed by atoms with van der Waals surface area (Å²) in [6.45, 7) is 10.0. The molecule has 0 spiro atoms. The van der Waals surface area contributed by atoms with Crippen molar-refractivity contribution in [3.05, 3.63) is 13.8 Å². The molecule has 0 amide bonds. The predicted octanol–water partition coefficient (Wildman–Crippen LogP) is 1.66. The SMILES string of the molecule is [CH2-]C.[CH2-]C.[Y].[Y].[Y].[Y].[Y].[Y].[Y].[Y].[Y].[Y]. The molecule has 58 valence electrons. The van der Waals surface area contributed by atoms with Gasteiger partial charge in [0.05, 0.1) is 0 Å². The maximum Gasteiger partial charge on any atom is 0 e. The van der Waals surface area contributed by atoms with Gasteiger partial charge in [-0.25, -0.2) is 0 Å². The van der Waals surface area contributed by atoms with Crippen LogP contribution in [-0.4, -0.2) is 0 Å². The molecule has 0 nitrogen and oxygen atoms in total. The molecule has 0 aliphatic rings. The van der Waals surface area contributed by atoms with Crippen molar-refractivity contribution in [2.75, 3.05) is 0 Å². The molecule has 0 heterocycles. The fraction of sp³-hybridized carbons (Fsp3) is 0.500. The van der Waals surface area contributed by atoms with Gasteiger partial charge in [0.2, 0.25) is 0 Å².